The summed E-state index contributed by atoms with van der Waals surface area (Å²) in [5.41, 5.74) is 0. The fraction of sp³-hybridized carbons (Fsp3) is 0.267. The molecule has 0 bridgehead atoms. The quantitative estimate of drug-likeness (QED) is 0.453. The Morgan fingerprint density at radius 3 is 1.16 bits per heavy atom. The van der Waals surface area contributed by atoms with E-state index in [2.05, 4.69) is 26.9 Å². The van der Waals surface area contributed by atoms with Crippen molar-refractivity contribution in [2.45, 2.75) is 26.9 Å². The van der Waals surface area contributed by atoms with Gasteiger partial charge in [0.05, 0.1) is 0 Å². The predicted octanol–water partition coefficient (Wildman–Crippen LogP) is 5.19. The van der Waals surface area contributed by atoms with Crippen LogP contribution in [0.15, 0.2) is 60.7 Å². The Morgan fingerprint density at radius 1 is 0.789 bits per heavy atom. The van der Waals surface area contributed by atoms with Crippen molar-refractivity contribution in [1.82, 2.24) is 0 Å². The molecule has 0 spiro atoms. The van der Waals surface area contributed by atoms with Gasteiger partial charge in [0.25, 0.3) is 0 Å². The number of rotatable bonds is 0. The Kier molecular flexibility index (Phi) is 23.0. The molecule has 0 nitrogen and oxygen atoms in total. The van der Waals surface area contributed by atoms with Gasteiger partial charge >= 0.3 is 54.4 Å². The van der Waals surface area contributed by atoms with E-state index in [1.807, 2.05) is 60.7 Å². The van der Waals surface area contributed by atoms with E-state index < -0.39 is 0 Å². The van der Waals surface area contributed by atoms with Crippen LogP contribution in [0.4, 0.5) is 0 Å². The molecule has 0 N–H and O–H groups in total. The summed E-state index contributed by atoms with van der Waals surface area (Å²) >= 11 is 0.407. The normalized spacial score (nSPS) is 6.95. The standard InChI is InChI=1S/2C5H5.C3H6.C2H6Si.2ClH.Ti/c2*1-2-4-5-3-1;2*1-3-2;;;/h2*1-5H;2*1-2H3;2*1H;/q2*-1;;;;;. The van der Waals surface area contributed by atoms with Crippen molar-refractivity contribution in [3.05, 3.63) is 60.7 Å². The summed E-state index contributed by atoms with van der Waals surface area (Å²) in [7, 11) is 0. The first-order chi connectivity index (χ1) is 8.13. The molecule has 108 valence electrons. The summed E-state index contributed by atoms with van der Waals surface area (Å²) in [4.78, 5) is 0. The van der Waals surface area contributed by atoms with E-state index in [9.17, 15) is 0 Å². The zero-order valence-corrected chi connectivity index (χ0v) is 16.3. The van der Waals surface area contributed by atoms with Crippen LogP contribution >= 0.6 is 24.8 Å². The molecule has 2 aromatic rings. The molecule has 0 fully saturated rings. The molecule has 0 amide bonds. The van der Waals surface area contributed by atoms with Crippen molar-refractivity contribution >= 4 is 34.8 Å². The Bertz CT molecular complexity index is 332. The summed E-state index contributed by atoms with van der Waals surface area (Å²) in [6, 6.07) is 20.0. The maximum absolute atomic E-state index is 2.40. The maximum Gasteiger partial charge on any atom is -0.147 e. The second-order valence-corrected chi connectivity index (χ2v) is 13.7. The molecule has 4 heteroatoms. The third-order valence-corrected chi connectivity index (χ3v) is 7.30. The summed E-state index contributed by atoms with van der Waals surface area (Å²) in [6.45, 7) is 9.32. The minimum atomic E-state index is 0. The van der Waals surface area contributed by atoms with Crippen molar-refractivity contribution in [3.63, 3.8) is 0 Å². The zero-order valence-electron chi connectivity index (χ0n) is 12.1. The van der Waals surface area contributed by atoms with E-state index in [0.717, 1.165) is 0 Å². The van der Waals surface area contributed by atoms with Gasteiger partial charge in [-0.25, -0.2) is 24.3 Å². The monoisotopic (exact) mass is 350 g/mol. The van der Waals surface area contributed by atoms with Crippen molar-refractivity contribution in [2.75, 3.05) is 0 Å². The van der Waals surface area contributed by atoms with Crippen molar-refractivity contribution in [1.29, 1.82) is 0 Å². The molecular weight excluding hydrogens is 327 g/mol. The minimum Gasteiger partial charge on any atom is -0.214 e. The zero-order chi connectivity index (χ0) is 12.9. The van der Waals surface area contributed by atoms with E-state index in [1.165, 1.54) is 0 Å². The molecule has 0 aromatic heterocycles. The fourth-order valence-corrected chi connectivity index (χ4v) is 6.83. The molecule has 0 aliphatic rings. The van der Waals surface area contributed by atoms with Crippen LogP contribution in [0, 0.1) is 0 Å². The third-order valence-electron chi connectivity index (χ3n) is 1.61. The molecule has 0 saturated carbocycles. The van der Waals surface area contributed by atoms with Crippen LogP contribution in [0.25, 0.3) is 0 Å². The predicted molar refractivity (Wildman–Crippen MR) is 92.4 cm³/mol. The average Bonchev–Trinajstić information content (AvgIpc) is 2.96. The van der Waals surface area contributed by atoms with Gasteiger partial charge in [-0.15, -0.1) is 24.8 Å². The Balaban J connectivity index is -0.000000194. The minimum absolute atomic E-state index is 0. The van der Waals surface area contributed by atoms with Crippen LogP contribution in [0.2, 0.25) is 13.1 Å². The van der Waals surface area contributed by atoms with Crippen LogP contribution in [-0.2, 0) is 17.4 Å². The molecular formula is C15H24Cl2SiTi-2. The van der Waals surface area contributed by atoms with Crippen LogP contribution in [0.3, 0.4) is 0 Å². The van der Waals surface area contributed by atoms with E-state index in [0.29, 0.717) is 17.4 Å². The van der Waals surface area contributed by atoms with Gasteiger partial charge in [-0.3, -0.25) is 0 Å². The third kappa shape index (κ3) is 23.6. The maximum atomic E-state index is 2.40. The SMILES string of the molecule is C[C](C)=[Ti]=[Si](C)C.Cl.Cl.c1cc[cH-]c1.c1cc[cH-]c1. The van der Waals surface area contributed by atoms with Gasteiger partial charge in [-0.2, -0.15) is 36.4 Å². The van der Waals surface area contributed by atoms with E-state index >= 15 is 0 Å². The first-order valence-electron chi connectivity index (χ1n) is 5.83. The molecule has 0 atom stereocenters. The molecule has 0 aliphatic carbocycles. The number of halogens is 2. The van der Waals surface area contributed by atoms with Crippen LogP contribution in [0.5, 0.6) is 0 Å². The van der Waals surface area contributed by atoms with Gasteiger partial charge in [-0.05, 0) is 0 Å². The second-order valence-electron chi connectivity index (χ2n) is 4.05. The topological polar surface area (TPSA) is 0 Å². The molecule has 0 aliphatic heterocycles. The van der Waals surface area contributed by atoms with Gasteiger partial charge in [0.15, 0.2) is 0 Å². The second kappa shape index (κ2) is 18.1. The average molecular weight is 351 g/mol. The van der Waals surface area contributed by atoms with Gasteiger partial charge < -0.3 is 0 Å². The van der Waals surface area contributed by atoms with Gasteiger partial charge in [0, 0.05) is 0 Å². The summed E-state index contributed by atoms with van der Waals surface area (Å²) in [6.07, 6.45) is 0.154. The Hall–Kier alpha value is 0.0812. The van der Waals surface area contributed by atoms with Crippen molar-refractivity contribution in [3.8, 4) is 0 Å². The fourth-order valence-electron chi connectivity index (χ4n) is 1.14. The van der Waals surface area contributed by atoms with E-state index in [1.54, 1.807) is 3.81 Å². The smallest absolute Gasteiger partial charge is 0.147 e. The van der Waals surface area contributed by atoms with E-state index in [4.69, 9.17) is 0 Å². The van der Waals surface area contributed by atoms with Crippen LogP contribution in [0.1, 0.15) is 13.8 Å². The van der Waals surface area contributed by atoms with Crippen molar-refractivity contribution < 1.29 is 17.4 Å². The van der Waals surface area contributed by atoms with Gasteiger partial charge in [-0.1, -0.05) is 0 Å². The number of hydrogen-bond acceptors (Lipinski definition) is 0. The molecule has 0 saturated heterocycles. The molecule has 19 heavy (non-hydrogen) atoms. The first kappa shape index (κ1) is 24.1. The largest absolute Gasteiger partial charge is 0.214 e. The molecule has 2 rings (SSSR count). The summed E-state index contributed by atoms with van der Waals surface area (Å²) in [5, 5.41) is 0. The molecule has 2 aromatic carbocycles. The Morgan fingerprint density at radius 2 is 1.11 bits per heavy atom. The van der Waals surface area contributed by atoms with E-state index in [-0.39, 0.29) is 31.0 Å². The van der Waals surface area contributed by atoms with Crippen molar-refractivity contribution in [2.24, 2.45) is 0 Å². The summed E-state index contributed by atoms with van der Waals surface area (Å²) < 4.78 is 1.71. The first-order valence-corrected chi connectivity index (χ1v) is 11.5. The van der Waals surface area contributed by atoms with Crippen LogP contribution in [-0.4, -0.2) is 10.00 Å². The van der Waals surface area contributed by atoms with Gasteiger partial charge in [0.2, 0.25) is 0 Å². The van der Waals surface area contributed by atoms with Crippen LogP contribution < -0.4 is 0 Å². The molecule has 0 radical (unpaired) electrons. The Labute approximate surface area is 139 Å². The summed E-state index contributed by atoms with van der Waals surface area (Å²) in [5.74, 6) is 0. The molecule has 0 unspecified atom stereocenters. The van der Waals surface area contributed by atoms with Gasteiger partial charge in [0.1, 0.15) is 0 Å². The molecule has 0 heterocycles. The number of hydrogen-bond donors (Lipinski definition) is 0.